The number of pyridine rings is 1. The van der Waals surface area contributed by atoms with Crippen LogP contribution in [0.1, 0.15) is 5.56 Å². The molecule has 0 radical (unpaired) electrons. The van der Waals surface area contributed by atoms with Crippen LogP contribution in [-0.4, -0.2) is 14.1 Å². The molecule has 2 aromatic carbocycles. The van der Waals surface area contributed by atoms with E-state index in [9.17, 15) is 14.7 Å². The molecule has 0 amide bonds. The molecule has 0 atom stereocenters. The highest BCUT2D eigenvalue weighted by atomic mass is 35.5. The largest absolute Gasteiger partial charge is 0.503 e. The number of hydrogen-bond acceptors (Lipinski definition) is 3. The molecule has 28 heavy (non-hydrogen) atoms. The molecule has 0 bridgehead atoms. The molecule has 140 valence electrons. The van der Waals surface area contributed by atoms with Crippen molar-refractivity contribution in [3.05, 3.63) is 103 Å². The number of hydrogen-bond donors (Lipinski definition) is 1. The molecule has 2 aromatic heterocycles. The van der Waals surface area contributed by atoms with Crippen LogP contribution in [0.3, 0.4) is 0 Å². The van der Waals surface area contributed by atoms with Crippen LogP contribution in [0.5, 0.6) is 5.75 Å². The monoisotopic (exact) mass is 412 g/mol. The quantitative estimate of drug-likeness (QED) is 0.548. The van der Waals surface area contributed by atoms with Gasteiger partial charge in [0.25, 0.3) is 5.56 Å². The molecule has 2 heterocycles. The predicted molar refractivity (Wildman–Crippen MR) is 111 cm³/mol. The molecule has 0 aliphatic rings. The minimum absolute atomic E-state index is 0.0766. The van der Waals surface area contributed by atoms with Gasteiger partial charge in [-0.2, -0.15) is 0 Å². The molecule has 4 rings (SSSR count). The number of aromatic nitrogens is 2. The zero-order valence-electron chi connectivity index (χ0n) is 14.5. The lowest BCUT2D eigenvalue weighted by Crippen LogP contribution is -2.24. The second kappa shape index (κ2) is 7.19. The Kier molecular flexibility index (Phi) is 4.71. The molecule has 0 fully saturated rings. The summed E-state index contributed by atoms with van der Waals surface area (Å²) in [6, 6.07) is 13.8. The summed E-state index contributed by atoms with van der Waals surface area (Å²) in [5.74, 6) is -0.585. The summed E-state index contributed by atoms with van der Waals surface area (Å²) >= 11 is 11.9. The van der Waals surface area contributed by atoms with E-state index >= 15 is 0 Å². The SMILES string of the molecule is O=c1c(-c2ccc(Cl)cc2)cn2ccn(Cc3cccc(Cl)c3)c(=O)c2c1O. The number of halogens is 2. The Hall–Kier alpha value is -3.02. The first-order valence-electron chi connectivity index (χ1n) is 8.42. The van der Waals surface area contributed by atoms with Crippen molar-refractivity contribution in [1.82, 2.24) is 8.97 Å². The first-order valence-corrected chi connectivity index (χ1v) is 9.17. The molecule has 0 unspecified atom stereocenters. The van der Waals surface area contributed by atoms with Crippen molar-refractivity contribution >= 4 is 28.7 Å². The van der Waals surface area contributed by atoms with Crippen LogP contribution in [-0.2, 0) is 6.54 Å². The van der Waals surface area contributed by atoms with Crippen LogP contribution >= 0.6 is 23.2 Å². The third-order valence-corrected chi connectivity index (χ3v) is 4.97. The highest BCUT2D eigenvalue weighted by molar-refractivity contribution is 6.30. The molecule has 5 nitrogen and oxygen atoms in total. The average molecular weight is 413 g/mol. The minimum Gasteiger partial charge on any atom is -0.503 e. The normalized spacial score (nSPS) is 11.1. The second-order valence-electron chi connectivity index (χ2n) is 6.34. The maximum Gasteiger partial charge on any atom is 0.279 e. The summed E-state index contributed by atoms with van der Waals surface area (Å²) < 4.78 is 2.87. The van der Waals surface area contributed by atoms with Crippen molar-refractivity contribution in [1.29, 1.82) is 0 Å². The second-order valence-corrected chi connectivity index (χ2v) is 7.22. The van der Waals surface area contributed by atoms with Crippen LogP contribution < -0.4 is 11.0 Å². The van der Waals surface area contributed by atoms with E-state index in [-0.39, 0.29) is 17.6 Å². The van der Waals surface area contributed by atoms with Gasteiger partial charge in [-0.3, -0.25) is 9.59 Å². The van der Waals surface area contributed by atoms with Gasteiger partial charge in [0.05, 0.1) is 6.54 Å². The van der Waals surface area contributed by atoms with Gasteiger partial charge in [-0.25, -0.2) is 0 Å². The van der Waals surface area contributed by atoms with Crippen molar-refractivity contribution in [2.24, 2.45) is 0 Å². The molecular weight excluding hydrogens is 399 g/mol. The smallest absolute Gasteiger partial charge is 0.279 e. The molecule has 0 saturated carbocycles. The van der Waals surface area contributed by atoms with E-state index in [4.69, 9.17) is 23.2 Å². The fraction of sp³-hybridized carbons (Fsp3) is 0.0476. The number of rotatable bonds is 3. The van der Waals surface area contributed by atoms with E-state index in [1.165, 1.54) is 15.2 Å². The lowest BCUT2D eigenvalue weighted by atomic mass is 10.1. The fourth-order valence-electron chi connectivity index (χ4n) is 3.10. The van der Waals surface area contributed by atoms with E-state index in [1.807, 2.05) is 6.07 Å². The number of benzene rings is 2. The Morgan fingerprint density at radius 1 is 0.929 bits per heavy atom. The molecule has 1 N–H and O–H groups in total. The van der Waals surface area contributed by atoms with E-state index in [1.54, 1.807) is 54.9 Å². The molecule has 4 aromatic rings. The zero-order valence-corrected chi connectivity index (χ0v) is 16.0. The van der Waals surface area contributed by atoms with Gasteiger partial charge in [-0.05, 0) is 35.4 Å². The molecular formula is C21H14Cl2N2O3. The maximum atomic E-state index is 12.9. The maximum absolute atomic E-state index is 12.9. The van der Waals surface area contributed by atoms with Crippen LogP contribution in [0.15, 0.2) is 76.7 Å². The Labute approximate surface area is 169 Å². The van der Waals surface area contributed by atoms with Crippen molar-refractivity contribution in [3.63, 3.8) is 0 Å². The lowest BCUT2D eigenvalue weighted by molar-refractivity contribution is 0.472. The molecule has 0 spiro atoms. The zero-order chi connectivity index (χ0) is 19.8. The summed E-state index contributed by atoms with van der Waals surface area (Å²) in [7, 11) is 0. The van der Waals surface area contributed by atoms with Gasteiger partial charge >= 0.3 is 0 Å². The number of nitrogens with zero attached hydrogens (tertiary/aromatic N) is 2. The average Bonchev–Trinajstić information content (AvgIpc) is 2.67. The summed E-state index contributed by atoms with van der Waals surface area (Å²) in [4.78, 5) is 25.5. The van der Waals surface area contributed by atoms with Gasteiger partial charge in [0, 0.05) is 34.2 Å². The first-order chi connectivity index (χ1) is 13.4. The van der Waals surface area contributed by atoms with Crippen LogP contribution in [0.2, 0.25) is 10.0 Å². The highest BCUT2D eigenvalue weighted by Gasteiger charge is 2.15. The fourth-order valence-corrected chi connectivity index (χ4v) is 3.44. The van der Waals surface area contributed by atoms with E-state index < -0.39 is 16.7 Å². The van der Waals surface area contributed by atoms with Crippen molar-refractivity contribution in [2.75, 3.05) is 0 Å². The predicted octanol–water partition coefficient (Wildman–Crippen LogP) is 4.19. The molecule has 0 saturated heterocycles. The Bertz CT molecular complexity index is 1310. The van der Waals surface area contributed by atoms with Gasteiger partial charge in [-0.15, -0.1) is 0 Å². The third-order valence-electron chi connectivity index (χ3n) is 4.48. The minimum atomic E-state index is -0.611. The Morgan fingerprint density at radius 2 is 1.68 bits per heavy atom. The Morgan fingerprint density at radius 3 is 2.39 bits per heavy atom. The van der Waals surface area contributed by atoms with E-state index in [2.05, 4.69) is 0 Å². The van der Waals surface area contributed by atoms with Crippen molar-refractivity contribution < 1.29 is 5.11 Å². The summed E-state index contributed by atoms with van der Waals surface area (Å²) in [5.41, 5.74) is 0.548. The lowest BCUT2D eigenvalue weighted by Gasteiger charge is -2.11. The Balaban J connectivity index is 1.86. The van der Waals surface area contributed by atoms with Gasteiger partial charge < -0.3 is 14.1 Å². The summed E-state index contributed by atoms with van der Waals surface area (Å²) in [6.07, 6.45) is 4.76. The van der Waals surface area contributed by atoms with E-state index in [0.717, 1.165) is 5.56 Å². The topological polar surface area (TPSA) is 63.7 Å². The van der Waals surface area contributed by atoms with E-state index in [0.29, 0.717) is 15.6 Å². The standard InChI is InChI=1S/C21H14Cl2N2O3/c22-15-6-4-14(5-7-15)17-12-24-8-9-25(11-13-2-1-3-16(23)10-13)21(28)18(24)20(27)19(17)26/h1-10,12,27H,11H2. The summed E-state index contributed by atoms with van der Waals surface area (Å²) in [5, 5.41) is 11.6. The van der Waals surface area contributed by atoms with Gasteiger partial charge in [0.1, 0.15) is 0 Å². The molecule has 7 heteroatoms. The van der Waals surface area contributed by atoms with Gasteiger partial charge in [0.15, 0.2) is 11.3 Å². The number of aromatic hydroxyl groups is 1. The molecule has 0 aliphatic carbocycles. The van der Waals surface area contributed by atoms with Crippen LogP contribution in [0.25, 0.3) is 16.6 Å². The third kappa shape index (κ3) is 3.30. The van der Waals surface area contributed by atoms with Gasteiger partial charge in [0.2, 0.25) is 5.43 Å². The highest BCUT2D eigenvalue weighted by Crippen LogP contribution is 2.22. The first kappa shape index (κ1) is 18.3. The summed E-state index contributed by atoms with van der Waals surface area (Å²) in [6.45, 7) is 0.266. The van der Waals surface area contributed by atoms with Crippen LogP contribution in [0.4, 0.5) is 0 Å². The van der Waals surface area contributed by atoms with Crippen molar-refractivity contribution in [3.8, 4) is 16.9 Å². The van der Waals surface area contributed by atoms with Gasteiger partial charge in [-0.1, -0.05) is 47.5 Å². The van der Waals surface area contributed by atoms with Crippen LogP contribution in [0, 0.1) is 0 Å². The van der Waals surface area contributed by atoms with Crippen molar-refractivity contribution in [2.45, 2.75) is 6.54 Å². The molecule has 0 aliphatic heterocycles. The number of fused-ring (bicyclic) bond motifs is 1.